The first-order valence-electron chi connectivity index (χ1n) is 11.0. The lowest BCUT2D eigenvalue weighted by Crippen LogP contribution is -2.36. The number of halogens is 1. The zero-order valence-corrected chi connectivity index (χ0v) is 20.1. The average molecular weight is 481 g/mol. The third-order valence-corrected chi connectivity index (χ3v) is 7.83. The van der Waals surface area contributed by atoms with Gasteiger partial charge >= 0.3 is 0 Å². The lowest BCUT2D eigenvalue weighted by molar-refractivity contribution is 0.288. The molecule has 0 radical (unpaired) electrons. The molecule has 0 aliphatic carbocycles. The lowest BCUT2D eigenvalue weighted by atomic mass is 10.1. The van der Waals surface area contributed by atoms with E-state index in [-0.39, 0.29) is 6.04 Å². The molecule has 1 aliphatic rings. The number of methoxy groups -OCH3 is 1. The van der Waals surface area contributed by atoms with Gasteiger partial charge in [-0.3, -0.25) is 0 Å². The third kappa shape index (κ3) is 4.28. The Morgan fingerprint density at radius 1 is 1.09 bits per heavy atom. The number of hydrogen-bond acceptors (Lipinski definition) is 4. The van der Waals surface area contributed by atoms with Crippen LogP contribution in [0.4, 0.5) is 0 Å². The largest absolute Gasteiger partial charge is 0.495 e. The van der Waals surface area contributed by atoms with Crippen LogP contribution in [-0.2, 0) is 11.0 Å². The number of aromatic nitrogens is 3. The van der Waals surface area contributed by atoms with Crippen molar-refractivity contribution in [3.8, 4) is 17.1 Å². The van der Waals surface area contributed by atoms with E-state index in [1.807, 2.05) is 41.7 Å². The van der Waals surface area contributed by atoms with Crippen molar-refractivity contribution in [1.82, 2.24) is 18.8 Å². The van der Waals surface area contributed by atoms with Gasteiger partial charge in [0.2, 0.25) is 0 Å². The summed E-state index contributed by atoms with van der Waals surface area (Å²) in [6.07, 6.45) is 3.61. The van der Waals surface area contributed by atoms with Gasteiger partial charge in [-0.2, -0.15) is 0 Å². The molecular formula is C25H25ClN4O2S. The molecule has 0 bridgehead atoms. The first kappa shape index (κ1) is 22.1. The van der Waals surface area contributed by atoms with Gasteiger partial charge in [-0.05, 0) is 49.6 Å². The van der Waals surface area contributed by atoms with E-state index in [1.54, 1.807) is 19.2 Å². The summed E-state index contributed by atoms with van der Waals surface area (Å²) in [5.41, 5.74) is 3.98. The number of aryl methyl sites for hydroxylation is 1. The highest BCUT2D eigenvalue weighted by atomic mass is 35.5. The Kier molecular flexibility index (Phi) is 6.19. The van der Waals surface area contributed by atoms with Crippen LogP contribution in [0, 0.1) is 6.92 Å². The molecule has 1 aliphatic heterocycles. The van der Waals surface area contributed by atoms with Gasteiger partial charge in [0, 0.05) is 30.9 Å². The number of piperidine rings is 1. The van der Waals surface area contributed by atoms with Crippen LogP contribution in [0.2, 0.25) is 5.02 Å². The SMILES string of the molecule is COc1ccc(S(=O)N2CCC(n3c(-c4ccccc4)nc4cc(C)cnc43)CC2)cc1Cl. The topological polar surface area (TPSA) is 60.2 Å². The molecule has 2 aromatic heterocycles. The third-order valence-electron chi connectivity index (χ3n) is 6.05. The number of nitrogens with zero attached hydrogens (tertiary/aromatic N) is 4. The van der Waals surface area contributed by atoms with Crippen molar-refractivity contribution >= 4 is 33.8 Å². The van der Waals surface area contributed by atoms with Crippen LogP contribution < -0.4 is 4.74 Å². The van der Waals surface area contributed by atoms with Gasteiger partial charge in [0.25, 0.3) is 0 Å². The first-order chi connectivity index (χ1) is 16.0. The van der Waals surface area contributed by atoms with Crippen molar-refractivity contribution < 1.29 is 8.95 Å². The van der Waals surface area contributed by atoms with Crippen molar-refractivity contribution in [1.29, 1.82) is 0 Å². The molecule has 1 unspecified atom stereocenters. The number of hydrogen-bond donors (Lipinski definition) is 0. The Balaban J connectivity index is 1.41. The minimum Gasteiger partial charge on any atom is -0.495 e. The second-order valence-corrected chi connectivity index (χ2v) is 10.1. The highest BCUT2D eigenvalue weighted by Gasteiger charge is 2.28. The van der Waals surface area contributed by atoms with E-state index in [2.05, 4.69) is 22.8 Å². The molecule has 1 saturated heterocycles. The van der Waals surface area contributed by atoms with Gasteiger partial charge < -0.3 is 9.30 Å². The predicted molar refractivity (Wildman–Crippen MR) is 132 cm³/mol. The normalized spacial score (nSPS) is 16.2. The molecule has 0 amide bonds. The first-order valence-corrected chi connectivity index (χ1v) is 12.4. The molecule has 2 aromatic carbocycles. The van der Waals surface area contributed by atoms with Gasteiger partial charge in [0.05, 0.1) is 17.0 Å². The lowest BCUT2D eigenvalue weighted by Gasteiger charge is -2.32. The maximum Gasteiger partial charge on any atom is 0.160 e. The molecule has 3 heterocycles. The van der Waals surface area contributed by atoms with E-state index >= 15 is 0 Å². The van der Waals surface area contributed by atoms with Crippen LogP contribution in [0.1, 0.15) is 24.4 Å². The quantitative estimate of drug-likeness (QED) is 0.382. The molecular weight excluding hydrogens is 456 g/mol. The molecule has 4 aromatic rings. The van der Waals surface area contributed by atoms with E-state index in [4.69, 9.17) is 26.3 Å². The zero-order valence-electron chi connectivity index (χ0n) is 18.6. The van der Waals surface area contributed by atoms with Crippen molar-refractivity contribution in [3.63, 3.8) is 0 Å². The van der Waals surface area contributed by atoms with E-state index in [1.165, 1.54) is 0 Å². The highest BCUT2D eigenvalue weighted by molar-refractivity contribution is 7.82. The summed E-state index contributed by atoms with van der Waals surface area (Å²) < 4.78 is 22.7. The summed E-state index contributed by atoms with van der Waals surface area (Å²) in [6, 6.07) is 17.9. The Hall–Kier alpha value is -2.74. The predicted octanol–water partition coefficient (Wildman–Crippen LogP) is 5.43. The zero-order chi connectivity index (χ0) is 22.9. The van der Waals surface area contributed by atoms with Crippen molar-refractivity contribution in [3.05, 3.63) is 71.4 Å². The van der Waals surface area contributed by atoms with E-state index in [0.29, 0.717) is 28.8 Å². The second-order valence-electron chi connectivity index (χ2n) is 8.23. The van der Waals surface area contributed by atoms with E-state index in [9.17, 15) is 4.21 Å². The molecule has 0 saturated carbocycles. The Labute approximate surface area is 200 Å². The fraction of sp³-hybridized carbons (Fsp3) is 0.280. The van der Waals surface area contributed by atoms with Gasteiger partial charge in [-0.15, -0.1) is 0 Å². The minimum absolute atomic E-state index is 0.230. The molecule has 1 fully saturated rings. The molecule has 0 N–H and O–H groups in total. The number of pyridine rings is 1. The minimum atomic E-state index is -1.27. The number of ether oxygens (including phenoxy) is 1. The number of benzene rings is 2. The Morgan fingerprint density at radius 2 is 1.85 bits per heavy atom. The van der Waals surface area contributed by atoms with Crippen LogP contribution in [0.5, 0.6) is 5.75 Å². The number of fused-ring (bicyclic) bond motifs is 1. The number of rotatable bonds is 5. The Bertz CT molecular complexity index is 1320. The van der Waals surface area contributed by atoms with Gasteiger partial charge in [-0.1, -0.05) is 41.9 Å². The molecule has 1 atom stereocenters. The molecule has 33 heavy (non-hydrogen) atoms. The maximum atomic E-state index is 13.2. The number of imidazole rings is 1. The highest BCUT2D eigenvalue weighted by Crippen LogP contribution is 2.34. The van der Waals surface area contributed by atoms with Crippen LogP contribution in [0.3, 0.4) is 0 Å². The van der Waals surface area contributed by atoms with Gasteiger partial charge in [0.1, 0.15) is 28.1 Å². The van der Waals surface area contributed by atoms with Crippen molar-refractivity contribution in [2.45, 2.75) is 30.7 Å². The van der Waals surface area contributed by atoms with E-state index < -0.39 is 11.0 Å². The molecule has 170 valence electrons. The van der Waals surface area contributed by atoms with E-state index in [0.717, 1.165) is 41.0 Å². The molecule has 6 nitrogen and oxygen atoms in total. The molecule has 5 rings (SSSR count). The van der Waals surface area contributed by atoms with Gasteiger partial charge in [0.15, 0.2) is 5.65 Å². The Morgan fingerprint density at radius 3 is 2.55 bits per heavy atom. The van der Waals surface area contributed by atoms with Crippen molar-refractivity contribution in [2.24, 2.45) is 0 Å². The molecule has 8 heteroatoms. The second kappa shape index (κ2) is 9.25. The summed E-state index contributed by atoms with van der Waals surface area (Å²) in [5, 5.41) is 0.469. The fourth-order valence-electron chi connectivity index (χ4n) is 4.39. The van der Waals surface area contributed by atoms with Crippen LogP contribution >= 0.6 is 11.6 Å². The van der Waals surface area contributed by atoms with Crippen LogP contribution in [0.25, 0.3) is 22.6 Å². The summed E-state index contributed by atoms with van der Waals surface area (Å²) in [5.74, 6) is 1.52. The van der Waals surface area contributed by atoms with Crippen molar-refractivity contribution in [2.75, 3.05) is 20.2 Å². The summed E-state index contributed by atoms with van der Waals surface area (Å²) in [7, 11) is 0.301. The van der Waals surface area contributed by atoms with Gasteiger partial charge in [-0.25, -0.2) is 18.5 Å². The summed E-state index contributed by atoms with van der Waals surface area (Å²) in [6.45, 7) is 3.45. The molecule has 0 spiro atoms. The average Bonchev–Trinajstić information content (AvgIpc) is 3.22. The summed E-state index contributed by atoms with van der Waals surface area (Å²) in [4.78, 5) is 10.4. The maximum absolute atomic E-state index is 13.2. The fourth-order valence-corrected chi connectivity index (χ4v) is 5.96. The monoisotopic (exact) mass is 480 g/mol. The summed E-state index contributed by atoms with van der Waals surface area (Å²) >= 11 is 6.25. The standard InChI is InChI=1S/C25H25ClN4O2S/c1-17-14-22-25(27-16-17)30(24(28-22)18-6-4-3-5-7-18)19-10-12-29(13-11-19)33(31)20-8-9-23(32-2)21(26)15-20/h3-9,14-16,19H,10-13H2,1-2H3. The smallest absolute Gasteiger partial charge is 0.160 e. The van der Waals surface area contributed by atoms with Crippen LogP contribution in [0.15, 0.2) is 65.7 Å². The van der Waals surface area contributed by atoms with Crippen LogP contribution in [-0.4, -0.2) is 43.2 Å².